The molecule has 0 bridgehead atoms. The second kappa shape index (κ2) is 6.16. The Labute approximate surface area is 119 Å². The zero-order chi connectivity index (χ0) is 13.8. The summed E-state index contributed by atoms with van der Waals surface area (Å²) in [6.45, 7) is 3.83. The maximum Gasteiger partial charge on any atom is 0.123 e. The zero-order valence-electron chi connectivity index (χ0n) is 11.4. The molecular formula is C17H19FN2. The Morgan fingerprint density at radius 1 is 1.10 bits per heavy atom. The van der Waals surface area contributed by atoms with Crippen molar-refractivity contribution in [3.8, 4) is 0 Å². The van der Waals surface area contributed by atoms with Gasteiger partial charge in [0.15, 0.2) is 0 Å². The summed E-state index contributed by atoms with van der Waals surface area (Å²) in [7, 11) is 0. The van der Waals surface area contributed by atoms with Gasteiger partial charge in [-0.1, -0.05) is 42.5 Å². The lowest BCUT2D eigenvalue weighted by atomic mass is 10.0. The van der Waals surface area contributed by atoms with Gasteiger partial charge in [-0.25, -0.2) is 4.39 Å². The van der Waals surface area contributed by atoms with Crippen LogP contribution in [0.15, 0.2) is 54.6 Å². The van der Waals surface area contributed by atoms with Crippen LogP contribution in [0, 0.1) is 5.82 Å². The predicted octanol–water partition coefficient (Wildman–Crippen LogP) is 2.97. The maximum absolute atomic E-state index is 13.3. The minimum absolute atomic E-state index is 0.163. The molecule has 1 atom stereocenters. The summed E-state index contributed by atoms with van der Waals surface area (Å²) in [5, 5.41) is 3.47. The van der Waals surface area contributed by atoms with Crippen molar-refractivity contribution in [3.05, 3.63) is 71.5 Å². The molecule has 0 spiro atoms. The summed E-state index contributed by atoms with van der Waals surface area (Å²) in [6.07, 6.45) is 0. The second-order valence-electron chi connectivity index (χ2n) is 5.28. The van der Waals surface area contributed by atoms with Gasteiger partial charge in [0.05, 0.1) is 0 Å². The Morgan fingerprint density at radius 2 is 1.95 bits per heavy atom. The van der Waals surface area contributed by atoms with Crippen LogP contribution in [-0.2, 0) is 6.54 Å². The van der Waals surface area contributed by atoms with Crippen LogP contribution in [0.5, 0.6) is 0 Å². The van der Waals surface area contributed by atoms with Crippen LogP contribution < -0.4 is 5.32 Å². The molecule has 2 nitrogen and oxygen atoms in total. The minimum Gasteiger partial charge on any atom is -0.308 e. The Morgan fingerprint density at radius 3 is 2.75 bits per heavy atom. The first-order valence-corrected chi connectivity index (χ1v) is 7.06. The number of hydrogen-bond donors (Lipinski definition) is 1. The van der Waals surface area contributed by atoms with E-state index in [1.54, 1.807) is 12.1 Å². The van der Waals surface area contributed by atoms with Crippen LogP contribution in [0.3, 0.4) is 0 Å². The molecule has 1 aliphatic rings. The quantitative estimate of drug-likeness (QED) is 0.922. The number of rotatable bonds is 3. The van der Waals surface area contributed by atoms with E-state index in [1.165, 1.54) is 11.6 Å². The lowest BCUT2D eigenvalue weighted by Crippen LogP contribution is -2.45. The van der Waals surface area contributed by atoms with Crippen LogP contribution >= 0.6 is 0 Å². The summed E-state index contributed by atoms with van der Waals surface area (Å²) in [5.41, 5.74) is 2.36. The third-order valence-corrected chi connectivity index (χ3v) is 3.76. The van der Waals surface area contributed by atoms with E-state index in [1.807, 2.05) is 12.1 Å². The summed E-state index contributed by atoms with van der Waals surface area (Å²) in [5.74, 6) is -0.163. The molecule has 1 saturated heterocycles. The molecule has 3 rings (SSSR count). The van der Waals surface area contributed by atoms with Crippen LogP contribution in [0.2, 0.25) is 0 Å². The number of benzene rings is 2. The van der Waals surface area contributed by atoms with Gasteiger partial charge in [-0.2, -0.15) is 0 Å². The van der Waals surface area contributed by atoms with Crippen molar-refractivity contribution in [1.29, 1.82) is 0 Å². The van der Waals surface area contributed by atoms with Gasteiger partial charge < -0.3 is 5.32 Å². The highest BCUT2D eigenvalue weighted by molar-refractivity contribution is 5.21. The lowest BCUT2D eigenvalue weighted by molar-refractivity contribution is 0.193. The molecule has 1 aliphatic heterocycles. The zero-order valence-corrected chi connectivity index (χ0v) is 11.4. The average Bonchev–Trinajstić information content (AvgIpc) is 2.49. The van der Waals surface area contributed by atoms with E-state index in [9.17, 15) is 4.39 Å². The normalized spacial score (nSPS) is 19.9. The largest absolute Gasteiger partial charge is 0.308 e. The summed E-state index contributed by atoms with van der Waals surface area (Å²) >= 11 is 0. The summed E-state index contributed by atoms with van der Waals surface area (Å²) < 4.78 is 13.3. The molecule has 20 heavy (non-hydrogen) atoms. The third-order valence-electron chi connectivity index (χ3n) is 3.76. The standard InChI is InChI=1S/C17H19FN2/c18-16-8-4-7-15(11-16)17-13-20(10-9-19-17)12-14-5-2-1-3-6-14/h1-8,11,17,19H,9-10,12-13H2/t17-/m0/s1. The first-order chi connectivity index (χ1) is 9.81. The minimum atomic E-state index is -0.163. The van der Waals surface area contributed by atoms with Crippen molar-refractivity contribution in [2.45, 2.75) is 12.6 Å². The first-order valence-electron chi connectivity index (χ1n) is 7.06. The molecule has 1 heterocycles. The smallest absolute Gasteiger partial charge is 0.123 e. The molecule has 0 amide bonds. The van der Waals surface area contributed by atoms with E-state index >= 15 is 0 Å². The Kier molecular flexibility index (Phi) is 4.09. The molecule has 0 aromatic heterocycles. The molecule has 0 saturated carbocycles. The van der Waals surface area contributed by atoms with Gasteiger partial charge >= 0.3 is 0 Å². The third kappa shape index (κ3) is 3.24. The summed E-state index contributed by atoms with van der Waals surface area (Å²) in [4.78, 5) is 2.42. The van der Waals surface area contributed by atoms with Gasteiger partial charge in [-0.05, 0) is 23.3 Å². The molecule has 104 valence electrons. The highest BCUT2D eigenvalue weighted by Crippen LogP contribution is 2.19. The number of nitrogens with one attached hydrogen (secondary N) is 1. The molecule has 0 radical (unpaired) electrons. The average molecular weight is 270 g/mol. The fourth-order valence-corrected chi connectivity index (χ4v) is 2.74. The molecule has 0 unspecified atom stereocenters. The molecule has 1 N–H and O–H groups in total. The van der Waals surface area contributed by atoms with Crippen molar-refractivity contribution >= 4 is 0 Å². The first kappa shape index (κ1) is 13.3. The van der Waals surface area contributed by atoms with Crippen molar-refractivity contribution in [2.24, 2.45) is 0 Å². The maximum atomic E-state index is 13.3. The number of piperazine rings is 1. The van der Waals surface area contributed by atoms with Crippen LogP contribution in [0.1, 0.15) is 17.2 Å². The molecule has 1 fully saturated rings. The molecule has 3 heteroatoms. The number of hydrogen-bond acceptors (Lipinski definition) is 2. The van der Waals surface area contributed by atoms with Crippen LogP contribution in [-0.4, -0.2) is 24.5 Å². The monoisotopic (exact) mass is 270 g/mol. The molecule has 2 aromatic carbocycles. The van der Waals surface area contributed by atoms with Crippen molar-refractivity contribution in [2.75, 3.05) is 19.6 Å². The van der Waals surface area contributed by atoms with E-state index < -0.39 is 0 Å². The molecule has 0 aliphatic carbocycles. The fraction of sp³-hybridized carbons (Fsp3) is 0.294. The fourth-order valence-electron chi connectivity index (χ4n) is 2.74. The molecular weight excluding hydrogens is 251 g/mol. The topological polar surface area (TPSA) is 15.3 Å². The van der Waals surface area contributed by atoms with Gasteiger partial charge in [-0.3, -0.25) is 4.90 Å². The van der Waals surface area contributed by atoms with E-state index in [2.05, 4.69) is 34.5 Å². The summed E-state index contributed by atoms with van der Waals surface area (Å²) in [6, 6.07) is 17.6. The van der Waals surface area contributed by atoms with E-state index in [4.69, 9.17) is 0 Å². The van der Waals surface area contributed by atoms with Gasteiger partial charge in [-0.15, -0.1) is 0 Å². The van der Waals surface area contributed by atoms with E-state index in [0.717, 1.165) is 31.7 Å². The number of nitrogens with zero attached hydrogens (tertiary/aromatic N) is 1. The van der Waals surface area contributed by atoms with Gasteiger partial charge in [0.25, 0.3) is 0 Å². The lowest BCUT2D eigenvalue weighted by Gasteiger charge is -2.34. The highest BCUT2D eigenvalue weighted by atomic mass is 19.1. The Balaban J connectivity index is 1.67. The van der Waals surface area contributed by atoms with Crippen molar-refractivity contribution < 1.29 is 4.39 Å². The highest BCUT2D eigenvalue weighted by Gasteiger charge is 2.20. The van der Waals surface area contributed by atoms with Crippen LogP contribution in [0.4, 0.5) is 4.39 Å². The Bertz CT molecular complexity index is 556. The number of halogens is 1. The predicted molar refractivity (Wildman–Crippen MR) is 78.9 cm³/mol. The molecule has 2 aromatic rings. The van der Waals surface area contributed by atoms with Gasteiger partial charge in [0, 0.05) is 32.2 Å². The van der Waals surface area contributed by atoms with E-state index in [0.29, 0.717) is 0 Å². The second-order valence-corrected chi connectivity index (χ2v) is 5.28. The van der Waals surface area contributed by atoms with Gasteiger partial charge in [0.1, 0.15) is 5.82 Å². The Hall–Kier alpha value is -1.71. The van der Waals surface area contributed by atoms with Crippen LogP contribution in [0.25, 0.3) is 0 Å². The van der Waals surface area contributed by atoms with Crippen molar-refractivity contribution in [1.82, 2.24) is 10.2 Å². The SMILES string of the molecule is Fc1cccc([C@@H]2CN(Cc3ccccc3)CCN2)c1. The van der Waals surface area contributed by atoms with Gasteiger partial charge in [0.2, 0.25) is 0 Å². The van der Waals surface area contributed by atoms with E-state index in [-0.39, 0.29) is 11.9 Å². The van der Waals surface area contributed by atoms with Crippen molar-refractivity contribution in [3.63, 3.8) is 0 Å².